The molecule has 118 valence electrons. The number of carboxylic acid groups (broad SMARTS) is 1. The Morgan fingerprint density at radius 2 is 2.17 bits per heavy atom. The molecule has 2 aliphatic rings. The van der Waals surface area contributed by atoms with E-state index in [4.69, 9.17) is 5.11 Å². The highest BCUT2D eigenvalue weighted by Gasteiger charge is 2.40. The number of carbonyl (C=O) groups is 2. The van der Waals surface area contributed by atoms with Gasteiger partial charge >= 0.3 is 6.09 Å². The second kappa shape index (κ2) is 4.70. The highest BCUT2D eigenvalue weighted by molar-refractivity contribution is 6.09. The molecular formula is C14H13N5O4. The number of rotatable bonds is 0. The molecule has 0 aliphatic carbocycles. The minimum Gasteiger partial charge on any atom is -0.465 e. The molecule has 1 saturated heterocycles. The van der Waals surface area contributed by atoms with Crippen molar-refractivity contribution in [1.29, 1.82) is 0 Å². The van der Waals surface area contributed by atoms with Gasteiger partial charge in [-0.25, -0.2) is 9.78 Å². The van der Waals surface area contributed by atoms with Gasteiger partial charge < -0.3 is 25.2 Å². The Hall–Kier alpha value is -3.10. The predicted molar refractivity (Wildman–Crippen MR) is 81.7 cm³/mol. The number of amides is 2. The molecule has 1 unspecified atom stereocenters. The van der Waals surface area contributed by atoms with E-state index < -0.39 is 17.7 Å². The molecule has 1 fully saturated rings. The zero-order chi connectivity index (χ0) is 16.1. The normalized spacial score (nSPS) is 20.0. The lowest BCUT2D eigenvalue weighted by molar-refractivity contribution is -0.118. The summed E-state index contributed by atoms with van der Waals surface area (Å²) in [5.74, 6) is -0.378. The molecule has 0 spiro atoms. The van der Waals surface area contributed by atoms with Crippen molar-refractivity contribution in [2.24, 2.45) is 0 Å². The molecule has 3 N–H and O–H groups in total. The van der Waals surface area contributed by atoms with E-state index in [1.54, 1.807) is 17.2 Å². The summed E-state index contributed by atoms with van der Waals surface area (Å²) in [6, 6.07) is 2.91. The van der Waals surface area contributed by atoms with E-state index >= 15 is 0 Å². The molecule has 0 saturated carbocycles. The first-order valence-electron chi connectivity index (χ1n) is 7.12. The number of hydrogen-bond donors (Lipinski definition) is 3. The van der Waals surface area contributed by atoms with E-state index in [0.717, 1.165) is 5.39 Å². The van der Waals surface area contributed by atoms with Crippen LogP contribution >= 0.6 is 0 Å². The molecule has 9 heteroatoms. The summed E-state index contributed by atoms with van der Waals surface area (Å²) < 4.78 is 0. The summed E-state index contributed by atoms with van der Waals surface area (Å²) in [6.07, 6.45) is 0.520. The molecule has 0 aromatic carbocycles. The summed E-state index contributed by atoms with van der Waals surface area (Å²) in [6.45, 7) is 0.674. The van der Waals surface area contributed by atoms with Gasteiger partial charge in [-0.3, -0.25) is 9.59 Å². The van der Waals surface area contributed by atoms with Gasteiger partial charge in [0.1, 0.15) is 17.4 Å². The number of anilines is 2. The number of H-pyrrole nitrogens is 1. The zero-order valence-electron chi connectivity index (χ0n) is 11.9. The van der Waals surface area contributed by atoms with Crippen LogP contribution < -0.4 is 15.8 Å². The lowest BCUT2D eigenvalue weighted by Crippen LogP contribution is -2.61. The largest absolute Gasteiger partial charge is 0.465 e. The van der Waals surface area contributed by atoms with Crippen LogP contribution in [0.1, 0.15) is 0 Å². The molecule has 4 heterocycles. The van der Waals surface area contributed by atoms with E-state index in [0.29, 0.717) is 17.9 Å². The molecular weight excluding hydrogens is 302 g/mol. The van der Waals surface area contributed by atoms with E-state index in [1.807, 2.05) is 6.07 Å². The lowest BCUT2D eigenvalue weighted by Gasteiger charge is -2.44. The second-order valence-corrected chi connectivity index (χ2v) is 5.50. The average molecular weight is 315 g/mol. The Balaban J connectivity index is 1.90. The number of pyridine rings is 2. The fraction of sp³-hybridized carbons (Fsp3) is 0.286. The lowest BCUT2D eigenvalue weighted by atomic mass is 10.0. The molecule has 2 aliphatic heterocycles. The van der Waals surface area contributed by atoms with Crippen molar-refractivity contribution >= 4 is 34.4 Å². The third-order valence-electron chi connectivity index (χ3n) is 4.25. The van der Waals surface area contributed by atoms with Crippen molar-refractivity contribution in [1.82, 2.24) is 14.9 Å². The second-order valence-electron chi connectivity index (χ2n) is 5.50. The first-order chi connectivity index (χ1) is 11.1. The fourth-order valence-electron chi connectivity index (χ4n) is 3.18. The number of nitrogens with one attached hydrogen (secondary N) is 2. The Morgan fingerprint density at radius 1 is 1.35 bits per heavy atom. The SMILES string of the molecule is O=C1Nc2c(c3cccnc3[nH]c2=O)N2CCN(C(=O)O)CC12. The number of piperazine rings is 1. The molecule has 1 atom stereocenters. The number of fused-ring (bicyclic) bond motifs is 5. The molecule has 0 bridgehead atoms. The molecule has 4 rings (SSSR count). The number of carbonyl (C=O) groups excluding carboxylic acids is 1. The summed E-state index contributed by atoms with van der Waals surface area (Å²) in [5, 5.41) is 12.5. The van der Waals surface area contributed by atoms with Gasteiger partial charge in [-0.15, -0.1) is 0 Å². The fourth-order valence-corrected chi connectivity index (χ4v) is 3.18. The van der Waals surface area contributed by atoms with Crippen LogP contribution in [0.15, 0.2) is 23.1 Å². The monoisotopic (exact) mass is 315 g/mol. The van der Waals surface area contributed by atoms with Gasteiger partial charge in [0.25, 0.3) is 5.56 Å². The van der Waals surface area contributed by atoms with Crippen LogP contribution in [0.5, 0.6) is 0 Å². The molecule has 2 amide bonds. The van der Waals surface area contributed by atoms with Gasteiger partial charge in [0.05, 0.1) is 12.2 Å². The van der Waals surface area contributed by atoms with Gasteiger partial charge in [-0.2, -0.15) is 0 Å². The summed E-state index contributed by atoms with van der Waals surface area (Å²) >= 11 is 0. The summed E-state index contributed by atoms with van der Waals surface area (Å²) in [7, 11) is 0. The number of hydrogen-bond acceptors (Lipinski definition) is 5. The molecule has 9 nitrogen and oxygen atoms in total. The molecule has 23 heavy (non-hydrogen) atoms. The van der Waals surface area contributed by atoms with Crippen molar-refractivity contribution in [3.05, 3.63) is 28.7 Å². The molecule has 2 aromatic heterocycles. The van der Waals surface area contributed by atoms with Gasteiger partial charge in [-0.05, 0) is 12.1 Å². The topological polar surface area (TPSA) is 119 Å². The quantitative estimate of drug-likeness (QED) is 0.632. The Bertz CT molecular complexity index is 892. The maximum Gasteiger partial charge on any atom is 0.407 e. The average Bonchev–Trinajstić information content (AvgIpc) is 2.55. The molecule has 2 aromatic rings. The number of aromatic amines is 1. The van der Waals surface area contributed by atoms with Gasteiger partial charge in [0.2, 0.25) is 5.91 Å². The Labute approximate surface area is 129 Å². The van der Waals surface area contributed by atoms with Gasteiger partial charge in [0.15, 0.2) is 0 Å². The first-order valence-corrected chi connectivity index (χ1v) is 7.12. The van der Waals surface area contributed by atoms with Crippen molar-refractivity contribution in [2.45, 2.75) is 6.04 Å². The van der Waals surface area contributed by atoms with Crippen molar-refractivity contribution in [2.75, 3.05) is 29.9 Å². The van der Waals surface area contributed by atoms with E-state index in [1.165, 1.54) is 4.90 Å². The van der Waals surface area contributed by atoms with E-state index in [2.05, 4.69) is 15.3 Å². The summed E-state index contributed by atoms with van der Waals surface area (Å²) in [5.41, 5.74) is 0.812. The predicted octanol–water partition coefficient (Wildman–Crippen LogP) is 0.0438. The van der Waals surface area contributed by atoms with Crippen LogP contribution in [0.4, 0.5) is 16.2 Å². The van der Waals surface area contributed by atoms with E-state index in [-0.39, 0.29) is 24.7 Å². The van der Waals surface area contributed by atoms with Crippen LogP contribution in [0.2, 0.25) is 0 Å². The third-order valence-corrected chi connectivity index (χ3v) is 4.25. The summed E-state index contributed by atoms with van der Waals surface area (Å²) in [4.78, 5) is 45.5. The minimum absolute atomic E-state index is 0.0646. The Kier molecular flexibility index (Phi) is 2.77. The van der Waals surface area contributed by atoms with Crippen LogP contribution in [0, 0.1) is 0 Å². The van der Waals surface area contributed by atoms with Crippen LogP contribution in [-0.2, 0) is 4.79 Å². The van der Waals surface area contributed by atoms with Gasteiger partial charge in [-0.1, -0.05) is 0 Å². The highest BCUT2D eigenvalue weighted by atomic mass is 16.4. The van der Waals surface area contributed by atoms with Crippen molar-refractivity contribution < 1.29 is 14.7 Å². The van der Waals surface area contributed by atoms with Crippen molar-refractivity contribution in [3.8, 4) is 0 Å². The number of aromatic nitrogens is 2. The smallest absolute Gasteiger partial charge is 0.407 e. The van der Waals surface area contributed by atoms with Crippen LogP contribution in [0.3, 0.4) is 0 Å². The number of nitrogens with zero attached hydrogens (tertiary/aromatic N) is 3. The first kappa shape index (κ1) is 13.6. The maximum absolute atomic E-state index is 12.3. The highest BCUT2D eigenvalue weighted by Crippen LogP contribution is 2.36. The minimum atomic E-state index is -1.05. The van der Waals surface area contributed by atoms with E-state index in [9.17, 15) is 14.4 Å². The zero-order valence-corrected chi connectivity index (χ0v) is 11.9. The molecule has 0 radical (unpaired) electrons. The van der Waals surface area contributed by atoms with Crippen LogP contribution in [0.25, 0.3) is 11.0 Å². The standard InChI is InChI=1S/C14H13N5O4/c20-12-8-6-18(14(22)23)4-5-19(8)10-7-2-1-3-15-11(7)17-13(21)9(10)16-12/h1-3,8H,4-6H2,(H,16,20)(H,22,23)(H,15,17,21). The third kappa shape index (κ3) is 1.93. The Morgan fingerprint density at radius 3 is 2.96 bits per heavy atom. The van der Waals surface area contributed by atoms with Gasteiger partial charge in [0, 0.05) is 24.7 Å². The van der Waals surface area contributed by atoms with Crippen molar-refractivity contribution in [3.63, 3.8) is 0 Å². The maximum atomic E-state index is 12.3. The van der Waals surface area contributed by atoms with Crippen LogP contribution in [-0.4, -0.2) is 57.7 Å².